The van der Waals surface area contributed by atoms with Crippen LogP contribution in [0.5, 0.6) is 0 Å². The Labute approximate surface area is 395 Å². The summed E-state index contributed by atoms with van der Waals surface area (Å²) in [6.07, 6.45) is 54.8. The summed E-state index contributed by atoms with van der Waals surface area (Å²) in [5, 5.41) is 0. The molecule has 0 aliphatic carbocycles. The van der Waals surface area contributed by atoms with Crippen molar-refractivity contribution in [2.45, 2.75) is 251 Å². The standard InChI is InChI=1S/C54H102NO8P/c1-6-8-10-12-14-16-18-20-22-24-25-26-27-28-29-31-33-35-37-39-41-43-45-47-54(57)63-52(51-62-64(58,59)61-49-48-55(3,4)5)50-60-53(56)46-44-42-40-38-36-34-32-30-23-21-19-17-15-13-11-9-7-2/h17,19,31,33,39,41,52H,6-16,18,20-30,32,34-38,40,42-51H2,1-5H3/b19-17+,33-31+,41-39+/t52-/m1/s1. The lowest BCUT2D eigenvalue weighted by molar-refractivity contribution is -0.870. The van der Waals surface area contributed by atoms with E-state index in [2.05, 4.69) is 50.3 Å². The molecule has 9 nitrogen and oxygen atoms in total. The molecule has 0 spiro atoms. The Morgan fingerprint density at radius 1 is 0.469 bits per heavy atom. The molecular formula is C54H102NO8P. The second kappa shape index (κ2) is 46.3. The lowest BCUT2D eigenvalue weighted by atomic mass is 10.0. The topological polar surface area (TPSA) is 111 Å². The van der Waals surface area contributed by atoms with Crippen molar-refractivity contribution >= 4 is 19.8 Å². The van der Waals surface area contributed by atoms with Gasteiger partial charge in [-0.05, 0) is 70.6 Å². The number of allylic oxidation sites excluding steroid dienone is 6. The third kappa shape index (κ3) is 49.7. The Kier molecular flexibility index (Phi) is 45.1. The molecule has 64 heavy (non-hydrogen) atoms. The molecular weight excluding hydrogens is 822 g/mol. The number of hydrogen-bond acceptors (Lipinski definition) is 8. The van der Waals surface area contributed by atoms with Gasteiger partial charge >= 0.3 is 11.9 Å². The molecule has 0 saturated heterocycles. The summed E-state index contributed by atoms with van der Waals surface area (Å²) in [5.41, 5.74) is 0. The predicted molar refractivity (Wildman–Crippen MR) is 268 cm³/mol. The van der Waals surface area contributed by atoms with Crippen molar-refractivity contribution in [1.82, 2.24) is 0 Å². The molecule has 0 aromatic carbocycles. The fourth-order valence-corrected chi connectivity index (χ4v) is 8.16. The second-order valence-corrected chi connectivity index (χ2v) is 20.6. The van der Waals surface area contributed by atoms with E-state index in [9.17, 15) is 19.0 Å². The molecule has 2 atom stereocenters. The van der Waals surface area contributed by atoms with Gasteiger partial charge in [-0.2, -0.15) is 0 Å². The molecule has 10 heteroatoms. The van der Waals surface area contributed by atoms with Crippen LogP contribution in [0.2, 0.25) is 0 Å². The number of phosphoric ester groups is 1. The smallest absolute Gasteiger partial charge is 0.306 e. The maximum atomic E-state index is 12.7. The van der Waals surface area contributed by atoms with Crippen LogP contribution in [0.25, 0.3) is 0 Å². The van der Waals surface area contributed by atoms with E-state index < -0.39 is 32.5 Å². The SMILES string of the molecule is CCCCCC/C=C/CCCCCCCCCCCC(=O)OC[C@H](COP(=O)([O-])OCC[N+](C)(C)C)OC(=O)CCC/C=C/CC/C=C/CCCCCCCCCCCCCCCC. The maximum absolute atomic E-state index is 12.7. The Balaban J connectivity index is 4.26. The lowest BCUT2D eigenvalue weighted by Gasteiger charge is -2.28. The number of carbonyl (C=O) groups excluding carboxylic acids is 2. The van der Waals surface area contributed by atoms with Gasteiger partial charge in [-0.25, -0.2) is 0 Å². The van der Waals surface area contributed by atoms with E-state index in [1.807, 2.05) is 21.1 Å². The average molecular weight is 924 g/mol. The number of hydrogen-bond donors (Lipinski definition) is 0. The Morgan fingerprint density at radius 3 is 1.27 bits per heavy atom. The minimum atomic E-state index is -4.64. The third-order valence-electron chi connectivity index (χ3n) is 11.6. The molecule has 0 rings (SSSR count). The molecule has 0 amide bonds. The number of nitrogens with zero attached hydrogens (tertiary/aromatic N) is 1. The highest BCUT2D eigenvalue weighted by Gasteiger charge is 2.21. The van der Waals surface area contributed by atoms with Gasteiger partial charge in [-0.3, -0.25) is 14.2 Å². The highest BCUT2D eigenvalue weighted by Crippen LogP contribution is 2.38. The molecule has 0 saturated carbocycles. The van der Waals surface area contributed by atoms with Crippen LogP contribution in [-0.4, -0.2) is 70.0 Å². The van der Waals surface area contributed by atoms with E-state index in [0.717, 1.165) is 44.9 Å². The van der Waals surface area contributed by atoms with Gasteiger partial charge in [0.1, 0.15) is 19.8 Å². The van der Waals surface area contributed by atoms with Crippen molar-refractivity contribution in [3.05, 3.63) is 36.5 Å². The first kappa shape index (κ1) is 62.2. The van der Waals surface area contributed by atoms with Gasteiger partial charge in [0.2, 0.25) is 0 Å². The minimum Gasteiger partial charge on any atom is -0.756 e. The summed E-state index contributed by atoms with van der Waals surface area (Å²) in [5.74, 6) is -0.878. The molecule has 0 aliphatic heterocycles. The van der Waals surface area contributed by atoms with Crippen LogP contribution >= 0.6 is 7.82 Å². The van der Waals surface area contributed by atoms with Crippen molar-refractivity contribution in [1.29, 1.82) is 0 Å². The molecule has 376 valence electrons. The van der Waals surface area contributed by atoms with Crippen molar-refractivity contribution < 1.29 is 42.1 Å². The minimum absolute atomic E-state index is 0.0375. The van der Waals surface area contributed by atoms with E-state index >= 15 is 0 Å². The zero-order valence-electron chi connectivity index (χ0n) is 42.5. The Bertz CT molecular complexity index is 1180. The van der Waals surface area contributed by atoms with Gasteiger partial charge < -0.3 is 27.9 Å². The van der Waals surface area contributed by atoms with Crippen molar-refractivity contribution in [2.75, 3.05) is 47.5 Å². The number of likely N-dealkylation sites (N-methyl/N-ethyl adjacent to an activating group) is 1. The lowest BCUT2D eigenvalue weighted by Crippen LogP contribution is -2.37. The van der Waals surface area contributed by atoms with Crippen molar-refractivity contribution in [2.24, 2.45) is 0 Å². The largest absolute Gasteiger partial charge is 0.756 e. The predicted octanol–water partition coefficient (Wildman–Crippen LogP) is 15.4. The van der Waals surface area contributed by atoms with Crippen LogP contribution in [-0.2, 0) is 32.7 Å². The number of quaternary nitrogens is 1. The summed E-state index contributed by atoms with van der Waals surface area (Å²) in [7, 11) is 1.15. The summed E-state index contributed by atoms with van der Waals surface area (Å²) < 4.78 is 34.0. The molecule has 0 aromatic heterocycles. The fourth-order valence-electron chi connectivity index (χ4n) is 7.44. The molecule has 0 fully saturated rings. The van der Waals surface area contributed by atoms with Crippen LogP contribution in [0.1, 0.15) is 245 Å². The first-order valence-electron chi connectivity index (χ1n) is 26.7. The maximum Gasteiger partial charge on any atom is 0.306 e. The first-order chi connectivity index (χ1) is 31.0. The first-order valence-corrected chi connectivity index (χ1v) is 28.2. The molecule has 0 heterocycles. The van der Waals surface area contributed by atoms with Crippen LogP contribution in [0.4, 0.5) is 0 Å². The number of unbranched alkanes of at least 4 members (excludes halogenated alkanes) is 29. The molecule has 0 bridgehead atoms. The summed E-state index contributed by atoms with van der Waals surface area (Å²) in [6.45, 7) is 4.21. The van der Waals surface area contributed by atoms with Gasteiger partial charge in [-0.1, -0.05) is 198 Å². The summed E-state index contributed by atoms with van der Waals surface area (Å²) >= 11 is 0. The number of carbonyl (C=O) groups is 2. The van der Waals surface area contributed by atoms with Gasteiger partial charge in [-0.15, -0.1) is 0 Å². The Hall–Kier alpha value is -1.77. The quantitative estimate of drug-likeness (QED) is 0.0195. The van der Waals surface area contributed by atoms with Gasteiger partial charge in [0, 0.05) is 12.8 Å². The van der Waals surface area contributed by atoms with E-state index in [-0.39, 0.29) is 26.1 Å². The number of ether oxygens (including phenoxy) is 2. The number of phosphoric acid groups is 1. The number of esters is 2. The fraction of sp³-hybridized carbons (Fsp3) is 0.852. The van der Waals surface area contributed by atoms with E-state index in [4.69, 9.17) is 18.5 Å². The van der Waals surface area contributed by atoms with E-state index in [0.29, 0.717) is 17.4 Å². The van der Waals surface area contributed by atoms with Crippen LogP contribution in [0.15, 0.2) is 36.5 Å². The summed E-state index contributed by atoms with van der Waals surface area (Å²) in [4.78, 5) is 37.7. The van der Waals surface area contributed by atoms with Crippen LogP contribution in [0.3, 0.4) is 0 Å². The van der Waals surface area contributed by atoms with Gasteiger partial charge in [0.05, 0.1) is 27.7 Å². The zero-order valence-corrected chi connectivity index (χ0v) is 43.4. The highest BCUT2D eigenvalue weighted by atomic mass is 31.2. The van der Waals surface area contributed by atoms with Crippen molar-refractivity contribution in [3.63, 3.8) is 0 Å². The molecule has 1 unspecified atom stereocenters. The second-order valence-electron chi connectivity index (χ2n) is 19.2. The molecule has 0 N–H and O–H groups in total. The normalized spacial score (nSPS) is 13.7. The zero-order chi connectivity index (χ0) is 47.1. The van der Waals surface area contributed by atoms with E-state index in [1.54, 1.807) is 0 Å². The molecule has 0 radical (unpaired) electrons. The Morgan fingerprint density at radius 2 is 0.828 bits per heavy atom. The molecule has 0 aromatic rings. The monoisotopic (exact) mass is 924 g/mol. The number of rotatable bonds is 49. The van der Waals surface area contributed by atoms with Crippen LogP contribution in [0, 0.1) is 0 Å². The third-order valence-corrected chi connectivity index (χ3v) is 12.6. The summed E-state index contributed by atoms with van der Waals surface area (Å²) in [6, 6.07) is 0. The average Bonchev–Trinajstić information content (AvgIpc) is 3.25. The highest BCUT2D eigenvalue weighted by molar-refractivity contribution is 7.45. The van der Waals surface area contributed by atoms with Crippen molar-refractivity contribution in [3.8, 4) is 0 Å². The van der Waals surface area contributed by atoms with Crippen LogP contribution < -0.4 is 4.89 Å². The van der Waals surface area contributed by atoms with Gasteiger partial charge in [0.25, 0.3) is 7.82 Å². The molecule has 0 aliphatic rings. The van der Waals surface area contributed by atoms with E-state index in [1.165, 1.54) is 167 Å². The van der Waals surface area contributed by atoms with Gasteiger partial charge in [0.15, 0.2) is 6.10 Å².